The minimum absolute atomic E-state index is 0.393. The molecule has 0 atom stereocenters. The number of hydrogen-bond donors (Lipinski definition) is 2. The lowest BCUT2D eigenvalue weighted by molar-refractivity contribution is 0.323. The normalized spacial score (nSPS) is 17.9. The summed E-state index contributed by atoms with van der Waals surface area (Å²) in [4.78, 5) is 11.6. The SMILES string of the molecule is Cc1onc(-c2ccccc2Cl)c1CNCC1CCC(Nc2nc(N(C)C)c3ccccc3n2)CC1. The van der Waals surface area contributed by atoms with E-state index in [4.69, 9.17) is 26.1 Å². The molecule has 2 heterocycles. The van der Waals surface area contributed by atoms with Gasteiger partial charge in [0.25, 0.3) is 0 Å². The highest BCUT2D eigenvalue weighted by molar-refractivity contribution is 6.33. The van der Waals surface area contributed by atoms with Crippen LogP contribution in [-0.4, -0.2) is 41.8 Å². The molecule has 2 aromatic heterocycles. The van der Waals surface area contributed by atoms with Gasteiger partial charge in [-0.05, 0) is 63.3 Å². The Morgan fingerprint density at radius 2 is 1.75 bits per heavy atom. The van der Waals surface area contributed by atoms with Gasteiger partial charge in [0.15, 0.2) is 0 Å². The zero-order chi connectivity index (χ0) is 25.1. The van der Waals surface area contributed by atoms with E-state index in [1.54, 1.807) is 0 Å². The van der Waals surface area contributed by atoms with Crippen molar-refractivity contribution in [3.8, 4) is 11.3 Å². The lowest BCUT2D eigenvalue weighted by atomic mass is 9.86. The first-order chi connectivity index (χ1) is 17.5. The van der Waals surface area contributed by atoms with Gasteiger partial charge < -0.3 is 20.1 Å². The van der Waals surface area contributed by atoms with E-state index in [2.05, 4.69) is 21.9 Å². The molecule has 5 rings (SSSR count). The number of benzene rings is 2. The summed E-state index contributed by atoms with van der Waals surface area (Å²) in [5, 5.41) is 13.3. The van der Waals surface area contributed by atoms with Crippen molar-refractivity contribution in [2.45, 2.75) is 45.2 Å². The minimum Gasteiger partial charge on any atom is -0.362 e. The Morgan fingerprint density at radius 3 is 2.53 bits per heavy atom. The van der Waals surface area contributed by atoms with Crippen LogP contribution >= 0.6 is 11.6 Å². The number of aromatic nitrogens is 3. The van der Waals surface area contributed by atoms with Crippen molar-refractivity contribution in [3.05, 3.63) is 64.9 Å². The smallest absolute Gasteiger partial charge is 0.225 e. The number of nitrogens with one attached hydrogen (secondary N) is 2. The summed E-state index contributed by atoms with van der Waals surface area (Å²) in [6.07, 6.45) is 4.55. The van der Waals surface area contributed by atoms with Gasteiger partial charge in [-0.25, -0.2) is 4.98 Å². The van der Waals surface area contributed by atoms with E-state index in [-0.39, 0.29) is 0 Å². The second-order valence-electron chi connectivity index (χ2n) is 9.82. The number of halogens is 1. The van der Waals surface area contributed by atoms with E-state index in [0.717, 1.165) is 58.7 Å². The van der Waals surface area contributed by atoms with Crippen molar-refractivity contribution < 1.29 is 4.52 Å². The van der Waals surface area contributed by atoms with E-state index in [0.29, 0.717) is 29.5 Å². The average molecular weight is 505 g/mol. The third-order valence-corrected chi connectivity index (χ3v) is 7.36. The van der Waals surface area contributed by atoms with Crippen LogP contribution in [0.2, 0.25) is 5.02 Å². The first-order valence-electron chi connectivity index (χ1n) is 12.6. The third kappa shape index (κ3) is 5.32. The molecule has 36 heavy (non-hydrogen) atoms. The van der Waals surface area contributed by atoms with Crippen LogP contribution in [0.5, 0.6) is 0 Å². The molecular formula is C28H33ClN6O. The Kier molecular flexibility index (Phi) is 7.39. The van der Waals surface area contributed by atoms with E-state index in [9.17, 15) is 0 Å². The molecule has 4 aromatic rings. The number of fused-ring (bicyclic) bond motifs is 1. The Labute approximate surface area is 217 Å². The topological polar surface area (TPSA) is 79.1 Å². The fourth-order valence-corrected chi connectivity index (χ4v) is 5.25. The number of para-hydroxylation sites is 1. The van der Waals surface area contributed by atoms with Crippen LogP contribution < -0.4 is 15.5 Å². The maximum atomic E-state index is 6.40. The molecule has 0 radical (unpaired) electrons. The third-order valence-electron chi connectivity index (χ3n) is 7.04. The molecule has 1 aliphatic carbocycles. The van der Waals surface area contributed by atoms with Gasteiger partial charge in [0, 0.05) is 43.2 Å². The van der Waals surface area contributed by atoms with E-state index in [1.807, 2.05) is 68.4 Å². The molecule has 1 aliphatic rings. The standard InChI is InChI=1S/C28H33ClN6O/c1-18-23(26(34-36-18)21-8-4-6-10-24(21)29)17-30-16-19-12-14-20(15-13-19)31-28-32-25-11-7-5-9-22(25)27(33-28)35(2)3/h4-11,19-20,30H,12-17H2,1-3H3,(H,31,32,33). The first-order valence-corrected chi connectivity index (χ1v) is 13.0. The fraction of sp³-hybridized carbons (Fsp3) is 0.393. The van der Waals surface area contributed by atoms with Crippen molar-refractivity contribution >= 4 is 34.3 Å². The fourth-order valence-electron chi connectivity index (χ4n) is 5.02. The largest absolute Gasteiger partial charge is 0.362 e. The maximum absolute atomic E-state index is 6.40. The zero-order valence-electron chi connectivity index (χ0n) is 21.1. The monoisotopic (exact) mass is 504 g/mol. The lowest BCUT2D eigenvalue weighted by Gasteiger charge is -2.29. The molecule has 0 bridgehead atoms. The Morgan fingerprint density at radius 1 is 1.00 bits per heavy atom. The molecule has 2 N–H and O–H groups in total. The quantitative estimate of drug-likeness (QED) is 0.301. The average Bonchev–Trinajstić information content (AvgIpc) is 3.24. The van der Waals surface area contributed by atoms with E-state index < -0.39 is 0 Å². The van der Waals surface area contributed by atoms with Gasteiger partial charge >= 0.3 is 0 Å². The van der Waals surface area contributed by atoms with E-state index >= 15 is 0 Å². The van der Waals surface area contributed by atoms with Gasteiger partial charge in [0.1, 0.15) is 17.3 Å². The highest BCUT2D eigenvalue weighted by Crippen LogP contribution is 2.32. The van der Waals surface area contributed by atoms with Crippen molar-refractivity contribution in [2.24, 2.45) is 5.92 Å². The molecule has 1 fully saturated rings. The molecule has 1 saturated carbocycles. The molecular weight excluding hydrogens is 472 g/mol. The Bertz CT molecular complexity index is 1330. The zero-order valence-corrected chi connectivity index (χ0v) is 21.8. The molecule has 8 heteroatoms. The lowest BCUT2D eigenvalue weighted by Crippen LogP contribution is -2.31. The van der Waals surface area contributed by atoms with Gasteiger partial charge in [-0.1, -0.05) is 47.1 Å². The summed E-state index contributed by atoms with van der Waals surface area (Å²) in [5.41, 5.74) is 3.78. The van der Waals surface area contributed by atoms with E-state index in [1.165, 1.54) is 12.8 Å². The highest BCUT2D eigenvalue weighted by Gasteiger charge is 2.23. The number of nitrogens with zero attached hydrogens (tertiary/aromatic N) is 4. The van der Waals surface area contributed by atoms with Crippen molar-refractivity contribution in [2.75, 3.05) is 30.9 Å². The molecule has 0 unspecified atom stereocenters. The molecule has 0 aliphatic heterocycles. The summed E-state index contributed by atoms with van der Waals surface area (Å²) in [7, 11) is 4.05. The van der Waals surface area contributed by atoms with Crippen LogP contribution in [0.1, 0.15) is 37.0 Å². The molecule has 2 aromatic carbocycles. The number of aryl methyl sites for hydroxylation is 1. The predicted molar refractivity (Wildman–Crippen MR) is 147 cm³/mol. The molecule has 7 nitrogen and oxygen atoms in total. The van der Waals surface area contributed by atoms with Gasteiger partial charge in [-0.3, -0.25) is 0 Å². The summed E-state index contributed by atoms with van der Waals surface area (Å²) in [6, 6.07) is 16.3. The predicted octanol–water partition coefficient (Wildman–Crippen LogP) is 6.07. The second kappa shape index (κ2) is 10.8. The number of anilines is 2. The van der Waals surface area contributed by atoms with Gasteiger partial charge in [-0.15, -0.1) is 0 Å². The van der Waals surface area contributed by atoms with Crippen LogP contribution in [0.25, 0.3) is 22.2 Å². The summed E-state index contributed by atoms with van der Waals surface area (Å²) in [6.45, 7) is 3.64. The van der Waals surface area contributed by atoms with Crippen LogP contribution in [0.3, 0.4) is 0 Å². The van der Waals surface area contributed by atoms with Crippen molar-refractivity contribution in [3.63, 3.8) is 0 Å². The number of rotatable bonds is 8. The van der Waals surface area contributed by atoms with Crippen molar-refractivity contribution in [1.82, 2.24) is 20.4 Å². The Balaban J connectivity index is 1.15. The van der Waals surface area contributed by atoms with Gasteiger partial charge in [-0.2, -0.15) is 4.98 Å². The minimum atomic E-state index is 0.393. The second-order valence-corrected chi connectivity index (χ2v) is 10.2. The summed E-state index contributed by atoms with van der Waals surface area (Å²) in [5.74, 6) is 3.13. The molecule has 188 valence electrons. The number of hydrogen-bond acceptors (Lipinski definition) is 7. The van der Waals surface area contributed by atoms with Crippen LogP contribution in [0.4, 0.5) is 11.8 Å². The molecule has 0 spiro atoms. The highest BCUT2D eigenvalue weighted by atomic mass is 35.5. The van der Waals surface area contributed by atoms with Gasteiger partial charge in [0.05, 0.1) is 10.5 Å². The molecule has 0 amide bonds. The maximum Gasteiger partial charge on any atom is 0.225 e. The summed E-state index contributed by atoms with van der Waals surface area (Å²) >= 11 is 6.40. The van der Waals surface area contributed by atoms with Crippen molar-refractivity contribution in [1.29, 1.82) is 0 Å². The molecule has 0 saturated heterocycles. The van der Waals surface area contributed by atoms with Crippen LogP contribution in [-0.2, 0) is 6.54 Å². The first kappa shape index (κ1) is 24.5. The van der Waals surface area contributed by atoms with Crippen LogP contribution in [0.15, 0.2) is 53.1 Å². The Hall–Kier alpha value is -3.16. The summed E-state index contributed by atoms with van der Waals surface area (Å²) < 4.78 is 5.50. The van der Waals surface area contributed by atoms with Gasteiger partial charge in [0.2, 0.25) is 5.95 Å². The van der Waals surface area contributed by atoms with Crippen LogP contribution in [0, 0.1) is 12.8 Å².